The molecule has 1 aliphatic rings. The average Bonchev–Trinajstić information content (AvgIpc) is 3.22. The van der Waals surface area contributed by atoms with Gasteiger partial charge in [-0.2, -0.15) is 0 Å². The van der Waals surface area contributed by atoms with Crippen molar-refractivity contribution in [2.45, 2.75) is 25.5 Å². The quantitative estimate of drug-likeness (QED) is 0.688. The van der Waals surface area contributed by atoms with Crippen LogP contribution < -0.4 is 10.1 Å². The van der Waals surface area contributed by atoms with Crippen molar-refractivity contribution in [1.29, 1.82) is 0 Å². The lowest BCUT2D eigenvalue weighted by molar-refractivity contribution is -0.138. The van der Waals surface area contributed by atoms with Crippen LogP contribution in [0.3, 0.4) is 0 Å². The van der Waals surface area contributed by atoms with Crippen LogP contribution in [0.1, 0.15) is 34.5 Å². The third kappa shape index (κ3) is 4.06. The number of hydrogen-bond donors (Lipinski definition) is 1. The van der Waals surface area contributed by atoms with Crippen LogP contribution in [0.5, 0.6) is 5.75 Å². The molecule has 3 aromatic carbocycles. The summed E-state index contributed by atoms with van der Waals surface area (Å²) in [6, 6.07) is 24.2. The van der Waals surface area contributed by atoms with Crippen molar-refractivity contribution in [2.75, 3.05) is 12.4 Å². The largest absolute Gasteiger partial charge is 0.480 e. The lowest BCUT2D eigenvalue weighted by atomic mass is 10.0. The lowest BCUT2D eigenvalue weighted by Crippen LogP contribution is -2.40. The highest BCUT2D eigenvalue weighted by atomic mass is 16.5. The molecule has 0 unspecified atom stereocenters. The summed E-state index contributed by atoms with van der Waals surface area (Å²) in [5, 5.41) is 2.92. The Hall–Kier alpha value is -3.60. The number of nitrogens with one attached hydrogen (secondary N) is 1. The van der Waals surface area contributed by atoms with E-state index < -0.39 is 6.10 Å². The van der Waals surface area contributed by atoms with Crippen molar-refractivity contribution in [3.05, 3.63) is 95.6 Å². The van der Waals surface area contributed by atoms with E-state index in [4.69, 9.17) is 4.74 Å². The molecule has 5 nitrogen and oxygen atoms in total. The van der Waals surface area contributed by atoms with Gasteiger partial charge in [0.25, 0.3) is 11.8 Å². The highest BCUT2D eigenvalue weighted by Crippen LogP contribution is 2.30. The molecule has 0 aliphatic carbocycles. The fraction of sp³-hybridized carbons (Fsp3) is 0.200. The monoisotopic (exact) mass is 400 g/mol. The van der Waals surface area contributed by atoms with Gasteiger partial charge in [0.1, 0.15) is 5.75 Å². The van der Waals surface area contributed by atoms with Gasteiger partial charge in [0.15, 0.2) is 6.10 Å². The zero-order valence-electron chi connectivity index (χ0n) is 17.0. The number of para-hydroxylation sites is 1. The molecule has 2 amide bonds. The van der Waals surface area contributed by atoms with Crippen molar-refractivity contribution < 1.29 is 14.3 Å². The van der Waals surface area contributed by atoms with Crippen LogP contribution in [0.15, 0.2) is 78.9 Å². The maximum atomic E-state index is 13.0. The van der Waals surface area contributed by atoms with Crippen LogP contribution in [-0.2, 0) is 11.2 Å². The van der Waals surface area contributed by atoms with Gasteiger partial charge in [-0.05, 0) is 48.4 Å². The normalized spacial score (nSPS) is 15.6. The molecule has 0 saturated carbocycles. The Morgan fingerprint density at radius 3 is 2.50 bits per heavy atom. The fourth-order valence-corrected chi connectivity index (χ4v) is 3.63. The molecule has 152 valence electrons. The minimum absolute atomic E-state index is 0.0579. The second-order valence-electron chi connectivity index (χ2n) is 7.49. The zero-order chi connectivity index (χ0) is 21.1. The van der Waals surface area contributed by atoms with Gasteiger partial charge >= 0.3 is 0 Å². The predicted molar refractivity (Wildman–Crippen MR) is 117 cm³/mol. The highest BCUT2D eigenvalue weighted by Gasteiger charge is 2.32. The number of rotatable bonds is 5. The van der Waals surface area contributed by atoms with Gasteiger partial charge < -0.3 is 15.0 Å². The number of ether oxygens (including phenoxy) is 1. The van der Waals surface area contributed by atoms with Crippen LogP contribution in [0.25, 0.3) is 0 Å². The summed E-state index contributed by atoms with van der Waals surface area (Å²) >= 11 is 0. The molecule has 0 spiro atoms. The third-order valence-corrected chi connectivity index (χ3v) is 5.51. The molecule has 0 bridgehead atoms. The number of carbonyl (C=O) groups is 2. The van der Waals surface area contributed by atoms with Crippen LogP contribution >= 0.6 is 0 Å². The minimum Gasteiger partial charge on any atom is -0.480 e. The predicted octanol–water partition coefficient (Wildman–Crippen LogP) is 4.46. The van der Waals surface area contributed by atoms with Gasteiger partial charge in [-0.25, -0.2) is 0 Å². The van der Waals surface area contributed by atoms with Crippen LogP contribution in [-0.4, -0.2) is 29.9 Å². The molecule has 1 aliphatic heterocycles. The third-order valence-electron chi connectivity index (χ3n) is 5.51. The van der Waals surface area contributed by atoms with Gasteiger partial charge in [-0.3, -0.25) is 9.59 Å². The van der Waals surface area contributed by atoms with Crippen molar-refractivity contribution in [3.8, 4) is 5.75 Å². The Morgan fingerprint density at radius 2 is 1.73 bits per heavy atom. The van der Waals surface area contributed by atoms with Crippen molar-refractivity contribution in [2.24, 2.45) is 0 Å². The molecule has 2 atom stereocenters. The molecule has 5 heteroatoms. The Labute approximate surface area is 176 Å². The number of nitrogens with zero attached hydrogens (tertiary/aromatic N) is 1. The molecule has 1 heterocycles. The second-order valence-corrected chi connectivity index (χ2v) is 7.49. The number of amides is 2. The van der Waals surface area contributed by atoms with Crippen molar-refractivity contribution in [3.63, 3.8) is 0 Å². The second kappa shape index (κ2) is 8.41. The summed E-state index contributed by atoms with van der Waals surface area (Å²) in [6.45, 7) is 1.97. The Balaban J connectivity index is 1.44. The highest BCUT2D eigenvalue weighted by molar-refractivity contribution is 6.04. The topological polar surface area (TPSA) is 58.6 Å². The maximum Gasteiger partial charge on any atom is 0.264 e. The van der Waals surface area contributed by atoms with E-state index >= 15 is 0 Å². The first-order chi connectivity index (χ1) is 14.5. The van der Waals surface area contributed by atoms with Gasteiger partial charge in [-0.15, -0.1) is 0 Å². The first-order valence-electron chi connectivity index (χ1n) is 10.0. The molecular weight excluding hydrogens is 376 g/mol. The summed E-state index contributed by atoms with van der Waals surface area (Å²) in [7, 11) is 1.79. The van der Waals surface area contributed by atoms with Gasteiger partial charge in [0.2, 0.25) is 0 Å². The molecular formula is C25H24N2O3. The van der Waals surface area contributed by atoms with Crippen molar-refractivity contribution >= 4 is 17.5 Å². The van der Waals surface area contributed by atoms with Crippen LogP contribution in [0.4, 0.5) is 5.69 Å². The molecule has 30 heavy (non-hydrogen) atoms. The molecule has 1 N–H and O–H groups in total. The lowest BCUT2D eigenvalue weighted by Gasteiger charge is -2.28. The summed E-state index contributed by atoms with van der Waals surface area (Å²) in [5.41, 5.74) is 3.29. The molecule has 0 aromatic heterocycles. The molecule has 0 fully saturated rings. The summed E-state index contributed by atoms with van der Waals surface area (Å²) < 4.78 is 5.85. The first kappa shape index (κ1) is 19.7. The molecule has 4 rings (SSSR count). The summed E-state index contributed by atoms with van der Waals surface area (Å²) in [5.74, 6) is 0.557. The van der Waals surface area contributed by atoms with E-state index in [0.29, 0.717) is 17.7 Å². The van der Waals surface area contributed by atoms with Crippen LogP contribution in [0, 0.1) is 0 Å². The van der Waals surface area contributed by atoms with Gasteiger partial charge in [0.05, 0.1) is 6.04 Å². The average molecular weight is 400 g/mol. The summed E-state index contributed by atoms with van der Waals surface area (Å²) in [6.07, 6.45) is 0.0787. The number of benzene rings is 3. The zero-order valence-corrected chi connectivity index (χ0v) is 17.0. The van der Waals surface area contributed by atoms with E-state index in [0.717, 1.165) is 16.9 Å². The Morgan fingerprint density at radius 1 is 1.00 bits per heavy atom. The SMILES string of the molecule is C[C@H](c1cccc(NC(=O)c2ccccc2)c1)N(C)C(=O)[C@@H]1Cc2ccccc2O1. The van der Waals surface area contributed by atoms with E-state index in [1.165, 1.54) is 0 Å². The number of anilines is 1. The Kier molecular flexibility index (Phi) is 5.53. The van der Waals surface area contributed by atoms with E-state index in [9.17, 15) is 9.59 Å². The van der Waals surface area contributed by atoms with E-state index in [2.05, 4.69) is 5.32 Å². The number of carbonyl (C=O) groups excluding carboxylic acids is 2. The van der Waals surface area contributed by atoms with Crippen LogP contribution in [0.2, 0.25) is 0 Å². The van der Waals surface area contributed by atoms with E-state index in [1.54, 1.807) is 24.1 Å². The summed E-state index contributed by atoms with van der Waals surface area (Å²) in [4.78, 5) is 27.1. The standard InChI is InChI=1S/C25H24N2O3/c1-17(27(2)25(29)23-16-20-11-6-7-14-22(20)30-23)19-12-8-13-21(15-19)26-24(28)18-9-4-3-5-10-18/h3-15,17,23H,16H2,1-2H3,(H,26,28)/t17-,23+/m1/s1. The number of likely N-dealkylation sites (N-methyl/N-ethyl adjacent to an activating group) is 1. The number of hydrogen-bond acceptors (Lipinski definition) is 3. The van der Waals surface area contributed by atoms with Gasteiger partial charge in [0, 0.05) is 24.7 Å². The molecule has 0 saturated heterocycles. The first-order valence-corrected chi connectivity index (χ1v) is 10.0. The number of fused-ring (bicyclic) bond motifs is 1. The van der Waals surface area contributed by atoms with Gasteiger partial charge in [-0.1, -0.05) is 48.5 Å². The smallest absolute Gasteiger partial charge is 0.264 e. The molecule has 0 radical (unpaired) electrons. The minimum atomic E-state index is -0.504. The molecule has 3 aromatic rings. The van der Waals surface area contributed by atoms with E-state index in [1.807, 2.05) is 73.7 Å². The van der Waals surface area contributed by atoms with E-state index in [-0.39, 0.29) is 17.9 Å². The Bertz CT molecular complexity index is 1040. The van der Waals surface area contributed by atoms with Crippen molar-refractivity contribution in [1.82, 2.24) is 4.90 Å². The fourth-order valence-electron chi connectivity index (χ4n) is 3.63. The maximum absolute atomic E-state index is 13.0.